The van der Waals surface area contributed by atoms with Gasteiger partial charge in [0.05, 0.1) is 15.9 Å². The van der Waals surface area contributed by atoms with E-state index in [1.807, 2.05) is 0 Å². The van der Waals surface area contributed by atoms with Gasteiger partial charge in [0.1, 0.15) is 10.9 Å². The largest absolute Gasteiger partial charge is 0.480 e. The number of halogens is 2. The molecule has 0 spiro atoms. The van der Waals surface area contributed by atoms with Crippen molar-refractivity contribution in [2.24, 2.45) is 0 Å². The van der Waals surface area contributed by atoms with E-state index < -0.39 is 22.0 Å². The number of hydrogen-bond donors (Lipinski definition) is 1. The molecule has 1 fully saturated rings. The number of carboxylic acid groups (broad SMARTS) is 1. The maximum Gasteiger partial charge on any atom is 0.322 e. The number of thioether (sulfide) groups is 1. The Morgan fingerprint density at radius 2 is 2.11 bits per heavy atom. The third-order valence-corrected chi connectivity index (χ3v) is 6.63. The molecular weight excluding hydrogens is 333 g/mol. The molecule has 1 aromatic rings. The van der Waals surface area contributed by atoms with Crippen LogP contribution in [0.3, 0.4) is 0 Å². The van der Waals surface area contributed by atoms with Crippen molar-refractivity contribution < 1.29 is 18.3 Å². The SMILES string of the molecule is O=C(O)C1CSCN1S(=O)(=O)c1cccc(Cl)c1Cl. The Kier molecular flexibility index (Phi) is 4.32. The fourth-order valence-corrected chi connectivity index (χ4v) is 5.54. The van der Waals surface area contributed by atoms with Gasteiger partial charge >= 0.3 is 5.97 Å². The normalized spacial score (nSPS) is 20.6. The van der Waals surface area contributed by atoms with Crippen LogP contribution >= 0.6 is 35.0 Å². The summed E-state index contributed by atoms with van der Waals surface area (Å²) in [6, 6.07) is 3.16. The first-order valence-electron chi connectivity index (χ1n) is 5.12. The Labute approximate surface area is 124 Å². The lowest BCUT2D eigenvalue weighted by molar-refractivity contribution is -0.140. The second kappa shape index (κ2) is 5.49. The van der Waals surface area contributed by atoms with Gasteiger partial charge in [0.15, 0.2) is 0 Å². The second-order valence-electron chi connectivity index (χ2n) is 3.80. The molecule has 0 aromatic heterocycles. The molecule has 104 valence electrons. The van der Waals surface area contributed by atoms with E-state index in [9.17, 15) is 13.2 Å². The lowest BCUT2D eigenvalue weighted by Crippen LogP contribution is -2.41. The van der Waals surface area contributed by atoms with Gasteiger partial charge in [-0.2, -0.15) is 4.31 Å². The summed E-state index contributed by atoms with van der Waals surface area (Å²) in [6.45, 7) is 0. The smallest absolute Gasteiger partial charge is 0.322 e. The molecule has 1 aliphatic rings. The number of benzene rings is 1. The maximum absolute atomic E-state index is 12.4. The topological polar surface area (TPSA) is 74.7 Å². The Hall–Kier alpha value is -0.470. The average Bonchev–Trinajstić information content (AvgIpc) is 2.82. The maximum atomic E-state index is 12.4. The summed E-state index contributed by atoms with van der Waals surface area (Å²) >= 11 is 12.9. The molecule has 1 unspecified atom stereocenters. The van der Waals surface area contributed by atoms with Gasteiger partial charge in [0.2, 0.25) is 10.0 Å². The van der Waals surface area contributed by atoms with E-state index in [0.717, 1.165) is 4.31 Å². The highest BCUT2D eigenvalue weighted by Gasteiger charge is 2.41. The molecule has 0 amide bonds. The summed E-state index contributed by atoms with van der Waals surface area (Å²) < 4.78 is 25.8. The molecule has 1 atom stereocenters. The molecule has 1 aromatic carbocycles. The van der Waals surface area contributed by atoms with E-state index in [2.05, 4.69) is 0 Å². The molecule has 19 heavy (non-hydrogen) atoms. The van der Waals surface area contributed by atoms with Gasteiger partial charge in [-0.3, -0.25) is 4.79 Å². The van der Waals surface area contributed by atoms with Crippen LogP contribution in [-0.4, -0.2) is 41.5 Å². The van der Waals surface area contributed by atoms with Crippen molar-refractivity contribution in [1.82, 2.24) is 4.31 Å². The van der Waals surface area contributed by atoms with Gasteiger partial charge in [0, 0.05) is 5.75 Å². The highest BCUT2D eigenvalue weighted by atomic mass is 35.5. The molecule has 5 nitrogen and oxygen atoms in total. The first-order valence-corrected chi connectivity index (χ1v) is 8.47. The summed E-state index contributed by atoms with van der Waals surface area (Å²) in [5.74, 6) is -0.874. The molecule has 0 aliphatic carbocycles. The number of rotatable bonds is 3. The van der Waals surface area contributed by atoms with E-state index in [1.165, 1.54) is 30.0 Å². The molecule has 1 heterocycles. The summed E-state index contributed by atoms with van der Waals surface area (Å²) in [7, 11) is -3.97. The second-order valence-corrected chi connectivity index (χ2v) is 7.44. The highest BCUT2D eigenvalue weighted by Crippen LogP contribution is 2.34. The van der Waals surface area contributed by atoms with Crippen LogP contribution in [-0.2, 0) is 14.8 Å². The number of aliphatic carboxylic acids is 1. The first-order chi connectivity index (χ1) is 8.85. The zero-order chi connectivity index (χ0) is 14.2. The van der Waals surface area contributed by atoms with Crippen molar-refractivity contribution >= 4 is 51.0 Å². The number of nitrogens with zero attached hydrogens (tertiary/aromatic N) is 1. The standard InChI is InChI=1S/C10H9Cl2NO4S2/c11-6-2-1-3-8(9(6)12)19(16,17)13-5-18-4-7(13)10(14)15/h1-3,7H,4-5H2,(H,14,15). The van der Waals surface area contributed by atoms with Crippen LogP contribution in [0.15, 0.2) is 23.1 Å². The fourth-order valence-electron chi connectivity index (χ4n) is 1.67. The van der Waals surface area contributed by atoms with Crippen LogP contribution in [0.1, 0.15) is 0 Å². The van der Waals surface area contributed by atoms with E-state index in [4.69, 9.17) is 28.3 Å². The number of carbonyl (C=O) groups is 1. The molecule has 0 saturated carbocycles. The molecular formula is C10H9Cl2NO4S2. The van der Waals surface area contributed by atoms with Crippen LogP contribution in [0.5, 0.6) is 0 Å². The lowest BCUT2D eigenvalue weighted by Gasteiger charge is -2.20. The molecule has 9 heteroatoms. The first kappa shape index (κ1) is 14.9. The minimum atomic E-state index is -3.97. The quantitative estimate of drug-likeness (QED) is 0.911. The zero-order valence-electron chi connectivity index (χ0n) is 9.42. The third-order valence-electron chi connectivity index (χ3n) is 2.63. The van der Waals surface area contributed by atoms with E-state index in [0.29, 0.717) is 0 Å². The summed E-state index contributed by atoms with van der Waals surface area (Å²) in [6.07, 6.45) is 0. The Morgan fingerprint density at radius 3 is 2.74 bits per heavy atom. The molecule has 1 aliphatic heterocycles. The van der Waals surface area contributed by atoms with Gasteiger partial charge in [-0.15, -0.1) is 11.8 Å². The minimum Gasteiger partial charge on any atom is -0.480 e. The van der Waals surface area contributed by atoms with Crippen LogP contribution in [0, 0.1) is 0 Å². The molecule has 1 saturated heterocycles. The summed E-state index contributed by atoms with van der Waals surface area (Å²) in [5.41, 5.74) is 0. The molecule has 0 radical (unpaired) electrons. The van der Waals surface area contributed by atoms with Gasteiger partial charge in [-0.05, 0) is 12.1 Å². The van der Waals surface area contributed by atoms with E-state index in [1.54, 1.807) is 0 Å². The van der Waals surface area contributed by atoms with Crippen molar-refractivity contribution in [3.05, 3.63) is 28.2 Å². The van der Waals surface area contributed by atoms with Crippen LogP contribution < -0.4 is 0 Å². The van der Waals surface area contributed by atoms with Crippen molar-refractivity contribution in [1.29, 1.82) is 0 Å². The van der Waals surface area contributed by atoms with Crippen molar-refractivity contribution in [3.63, 3.8) is 0 Å². The molecule has 0 bridgehead atoms. The predicted octanol–water partition coefficient (Wildman–Crippen LogP) is 2.14. The number of sulfonamides is 1. The number of hydrogen-bond acceptors (Lipinski definition) is 4. The minimum absolute atomic E-state index is 0.0855. The van der Waals surface area contributed by atoms with Crippen molar-refractivity contribution in [2.75, 3.05) is 11.6 Å². The summed E-state index contributed by atoms with van der Waals surface area (Å²) in [4.78, 5) is 10.9. The molecule has 1 N–H and O–H groups in total. The van der Waals surface area contributed by atoms with E-state index in [-0.39, 0.29) is 26.6 Å². The third kappa shape index (κ3) is 2.71. The van der Waals surface area contributed by atoms with Gasteiger partial charge in [0.25, 0.3) is 0 Å². The lowest BCUT2D eigenvalue weighted by atomic mass is 10.3. The van der Waals surface area contributed by atoms with Crippen LogP contribution in [0.4, 0.5) is 0 Å². The average molecular weight is 342 g/mol. The van der Waals surface area contributed by atoms with Gasteiger partial charge in [-0.1, -0.05) is 29.3 Å². The zero-order valence-corrected chi connectivity index (χ0v) is 12.6. The van der Waals surface area contributed by atoms with Gasteiger partial charge in [-0.25, -0.2) is 8.42 Å². The van der Waals surface area contributed by atoms with Crippen molar-refractivity contribution in [2.45, 2.75) is 10.9 Å². The number of carboxylic acids is 1. The van der Waals surface area contributed by atoms with E-state index >= 15 is 0 Å². The van der Waals surface area contributed by atoms with Crippen molar-refractivity contribution in [3.8, 4) is 0 Å². The monoisotopic (exact) mass is 341 g/mol. The molecule has 2 rings (SSSR count). The van der Waals surface area contributed by atoms with Crippen LogP contribution in [0.2, 0.25) is 10.0 Å². The highest BCUT2D eigenvalue weighted by molar-refractivity contribution is 8.00. The Morgan fingerprint density at radius 1 is 1.42 bits per heavy atom. The van der Waals surface area contributed by atoms with Crippen LogP contribution in [0.25, 0.3) is 0 Å². The Balaban J connectivity index is 2.48. The van der Waals surface area contributed by atoms with Gasteiger partial charge < -0.3 is 5.11 Å². The summed E-state index contributed by atoms with van der Waals surface area (Å²) in [5, 5.41) is 9.06. The fraction of sp³-hybridized carbons (Fsp3) is 0.300. The predicted molar refractivity (Wildman–Crippen MR) is 74.2 cm³/mol. The Bertz CT molecular complexity index is 620.